The summed E-state index contributed by atoms with van der Waals surface area (Å²) in [5.74, 6) is -1.49. The molecule has 9 nitrogen and oxygen atoms in total. The highest BCUT2D eigenvalue weighted by Gasteiger charge is 2.35. The van der Waals surface area contributed by atoms with Gasteiger partial charge in [-0.3, -0.25) is 4.90 Å². The van der Waals surface area contributed by atoms with Crippen LogP contribution >= 0.6 is 0 Å². The lowest BCUT2D eigenvalue weighted by molar-refractivity contribution is 0.0549. The molecule has 1 aromatic heterocycles. The van der Waals surface area contributed by atoms with E-state index < -0.39 is 23.6 Å². The van der Waals surface area contributed by atoms with E-state index >= 15 is 0 Å². The molecule has 1 aliphatic rings. The largest absolute Gasteiger partial charge is 0.465 e. The Bertz CT molecular complexity index is 1310. The van der Waals surface area contributed by atoms with Crippen LogP contribution in [-0.2, 0) is 20.6 Å². The Morgan fingerprint density at radius 3 is 2.25 bits per heavy atom. The van der Waals surface area contributed by atoms with Crippen molar-refractivity contribution in [3.63, 3.8) is 0 Å². The number of fused-ring (bicyclic) bond motifs is 1. The van der Waals surface area contributed by atoms with E-state index in [-0.39, 0.29) is 17.0 Å². The highest BCUT2D eigenvalue weighted by Crippen LogP contribution is 2.40. The van der Waals surface area contributed by atoms with Gasteiger partial charge in [0.25, 0.3) is 0 Å². The Morgan fingerprint density at radius 1 is 0.917 bits per heavy atom. The van der Waals surface area contributed by atoms with E-state index in [0.29, 0.717) is 23.5 Å². The van der Waals surface area contributed by atoms with Gasteiger partial charge in [0.15, 0.2) is 5.69 Å². The normalized spacial score (nSPS) is 13.1. The van der Waals surface area contributed by atoms with Gasteiger partial charge in [-0.1, -0.05) is 36.4 Å². The SMILES string of the molecule is COC(=O)c1c(-c2cccc3c2N(C(=O)OC(C)(C)C)CCC3)nn(-c2ccccc2)c1C(=O)OC. The number of anilines is 1. The van der Waals surface area contributed by atoms with Crippen molar-refractivity contribution in [1.29, 1.82) is 0 Å². The number of para-hydroxylation sites is 2. The molecular formula is C27H29N3O6. The van der Waals surface area contributed by atoms with E-state index in [0.717, 1.165) is 18.4 Å². The lowest BCUT2D eigenvalue weighted by Gasteiger charge is -2.33. The first-order valence-electron chi connectivity index (χ1n) is 11.6. The van der Waals surface area contributed by atoms with Crippen LogP contribution in [0.2, 0.25) is 0 Å². The van der Waals surface area contributed by atoms with Crippen molar-refractivity contribution in [1.82, 2.24) is 9.78 Å². The van der Waals surface area contributed by atoms with Gasteiger partial charge in [0.05, 0.1) is 25.6 Å². The summed E-state index contributed by atoms with van der Waals surface area (Å²) in [6, 6.07) is 14.5. The number of amides is 1. The lowest BCUT2D eigenvalue weighted by atomic mass is 9.94. The minimum absolute atomic E-state index is 0.0451. The molecule has 4 rings (SSSR count). The van der Waals surface area contributed by atoms with Crippen molar-refractivity contribution < 1.29 is 28.6 Å². The van der Waals surface area contributed by atoms with Crippen molar-refractivity contribution >= 4 is 23.7 Å². The first kappa shape index (κ1) is 25.0. The maximum atomic E-state index is 13.2. The summed E-state index contributed by atoms with van der Waals surface area (Å²) in [6.45, 7) is 5.86. The van der Waals surface area contributed by atoms with Crippen LogP contribution in [0.3, 0.4) is 0 Å². The number of carbonyl (C=O) groups is 3. The second-order valence-corrected chi connectivity index (χ2v) is 9.35. The van der Waals surface area contributed by atoms with Gasteiger partial charge in [0.1, 0.15) is 16.9 Å². The van der Waals surface area contributed by atoms with Crippen LogP contribution in [0.15, 0.2) is 48.5 Å². The number of methoxy groups -OCH3 is 2. The van der Waals surface area contributed by atoms with E-state index in [4.69, 9.17) is 19.3 Å². The molecule has 1 aliphatic heterocycles. The fraction of sp³-hybridized carbons (Fsp3) is 0.333. The Kier molecular flexibility index (Phi) is 6.83. The van der Waals surface area contributed by atoms with Crippen LogP contribution in [0.25, 0.3) is 16.9 Å². The van der Waals surface area contributed by atoms with E-state index in [1.165, 1.54) is 18.9 Å². The smallest absolute Gasteiger partial charge is 0.414 e. The summed E-state index contributed by atoms with van der Waals surface area (Å²) < 4.78 is 17.1. The molecule has 0 aliphatic carbocycles. The van der Waals surface area contributed by atoms with Crippen LogP contribution < -0.4 is 4.90 Å². The summed E-state index contributed by atoms with van der Waals surface area (Å²) in [5.41, 5.74) is 1.98. The molecule has 0 N–H and O–H groups in total. The number of carbonyl (C=O) groups excluding carboxylic acids is 3. The van der Waals surface area contributed by atoms with Crippen LogP contribution in [0, 0.1) is 0 Å². The van der Waals surface area contributed by atoms with Gasteiger partial charge in [-0.2, -0.15) is 5.10 Å². The van der Waals surface area contributed by atoms with Gasteiger partial charge >= 0.3 is 18.0 Å². The monoisotopic (exact) mass is 491 g/mol. The highest BCUT2D eigenvalue weighted by atomic mass is 16.6. The summed E-state index contributed by atoms with van der Waals surface area (Å²) in [5, 5.41) is 4.70. The summed E-state index contributed by atoms with van der Waals surface area (Å²) >= 11 is 0. The van der Waals surface area contributed by atoms with E-state index in [1.54, 1.807) is 56.0 Å². The van der Waals surface area contributed by atoms with Gasteiger partial charge in [0.2, 0.25) is 0 Å². The second-order valence-electron chi connectivity index (χ2n) is 9.35. The van der Waals surface area contributed by atoms with Crippen LogP contribution in [0.1, 0.15) is 53.6 Å². The average Bonchev–Trinajstić information content (AvgIpc) is 3.27. The predicted molar refractivity (Wildman–Crippen MR) is 134 cm³/mol. The molecule has 188 valence electrons. The van der Waals surface area contributed by atoms with Crippen molar-refractivity contribution in [3.8, 4) is 16.9 Å². The third-order valence-corrected chi connectivity index (χ3v) is 5.74. The lowest BCUT2D eigenvalue weighted by Crippen LogP contribution is -2.40. The molecule has 0 atom stereocenters. The predicted octanol–water partition coefficient (Wildman–Crippen LogP) is 4.80. The molecule has 36 heavy (non-hydrogen) atoms. The summed E-state index contributed by atoms with van der Waals surface area (Å²) in [6.07, 6.45) is 0.997. The molecule has 2 aromatic carbocycles. The summed E-state index contributed by atoms with van der Waals surface area (Å²) in [4.78, 5) is 40.8. The quantitative estimate of drug-likeness (QED) is 0.382. The number of rotatable bonds is 4. The number of hydrogen-bond donors (Lipinski definition) is 0. The standard InChI is InChI=1S/C27H29N3O6/c1-27(2,3)36-26(33)29-16-10-12-17-11-9-15-19(22(17)29)21-20(24(31)34-4)23(25(32)35-5)30(28-21)18-13-7-6-8-14-18/h6-9,11,13-15H,10,12,16H2,1-5H3. The molecule has 0 saturated heterocycles. The Hall–Kier alpha value is -4.14. The third kappa shape index (κ3) is 4.68. The number of esters is 2. The molecular weight excluding hydrogens is 462 g/mol. The molecule has 0 saturated carbocycles. The molecule has 2 heterocycles. The van der Waals surface area contributed by atoms with Crippen molar-refractivity contribution in [2.75, 3.05) is 25.7 Å². The number of aryl methyl sites for hydroxylation is 1. The highest BCUT2D eigenvalue weighted by molar-refractivity contribution is 6.08. The van der Waals surface area contributed by atoms with Gasteiger partial charge in [-0.15, -0.1) is 0 Å². The zero-order valence-electron chi connectivity index (χ0n) is 21.0. The second kappa shape index (κ2) is 9.85. The Morgan fingerprint density at radius 2 is 1.61 bits per heavy atom. The van der Waals surface area contributed by atoms with E-state index in [9.17, 15) is 14.4 Å². The van der Waals surface area contributed by atoms with Crippen LogP contribution in [-0.4, -0.2) is 54.2 Å². The number of aromatic nitrogens is 2. The summed E-state index contributed by atoms with van der Waals surface area (Å²) in [7, 11) is 2.47. The Balaban J connectivity index is 2.00. The van der Waals surface area contributed by atoms with Gasteiger partial charge in [-0.25, -0.2) is 19.1 Å². The molecule has 0 bridgehead atoms. The van der Waals surface area contributed by atoms with Gasteiger partial charge in [0, 0.05) is 12.1 Å². The topological polar surface area (TPSA) is 100.0 Å². The molecule has 0 radical (unpaired) electrons. The van der Waals surface area contributed by atoms with E-state index in [1.807, 2.05) is 18.2 Å². The maximum absolute atomic E-state index is 13.2. The van der Waals surface area contributed by atoms with Crippen LogP contribution in [0.4, 0.5) is 10.5 Å². The van der Waals surface area contributed by atoms with Gasteiger partial charge in [-0.05, 0) is 51.3 Å². The van der Waals surface area contributed by atoms with Crippen LogP contribution in [0.5, 0.6) is 0 Å². The van der Waals surface area contributed by atoms with Crippen molar-refractivity contribution in [3.05, 3.63) is 65.4 Å². The number of ether oxygens (including phenoxy) is 3. The fourth-order valence-electron chi connectivity index (χ4n) is 4.29. The van der Waals surface area contributed by atoms with Gasteiger partial charge < -0.3 is 14.2 Å². The molecule has 1 amide bonds. The van der Waals surface area contributed by atoms with Crippen molar-refractivity contribution in [2.24, 2.45) is 0 Å². The number of hydrogen-bond acceptors (Lipinski definition) is 7. The average molecular weight is 492 g/mol. The molecule has 0 unspecified atom stereocenters. The zero-order valence-corrected chi connectivity index (χ0v) is 21.0. The first-order valence-corrected chi connectivity index (χ1v) is 11.6. The Labute approximate surface area is 209 Å². The maximum Gasteiger partial charge on any atom is 0.414 e. The number of nitrogens with zero attached hydrogens (tertiary/aromatic N) is 3. The molecule has 3 aromatic rings. The minimum Gasteiger partial charge on any atom is -0.465 e. The third-order valence-electron chi connectivity index (χ3n) is 5.74. The van der Waals surface area contributed by atoms with E-state index in [2.05, 4.69) is 0 Å². The number of benzene rings is 2. The first-order chi connectivity index (χ1) is 17.2. The molecule has 0 spiro atoms. The zero-order chi connectivity index (χ0) is 26.0. The van der Waals surface area contributed by atoms with Crippen molar-refractivity contribution in [2.45, 2.75) is 39.2 Å². The minimum atomic E-state index is -0.746. The fourth-order valence-corrected chi connectivity index (χ4v) is 4.29. The molecule has 9 heteroatoms. The molecule has 0 fully saturated rings.